The summed E-state index contributed by atoms with van der Waals surface area (Å²) in [7, 11) is 0. The van der Waals surface area contributed by atoms with Crippen LogP contribution < -0.4 is 0 Å². The van der Waals surface area contributed by atoms with E-state index in [1.807, 2.05) is 13.8 Å². The topological polar surface area (TPSA) is 20.2 Å². The maximum Gasteiger partial charge on any atom is 0.161 e. The number of aliphatic hydroxyl groups is 1. The highest BCUT2D eigenvalue weighted by atomic mass is 19.2. The van der Waals surface area contributed by atoms with E-state index in [2.05, 4.69) is 0 Å². The Labute approximate surface area is 92.9 Å². The molecule has 0 heterocycles. The van der Waals surface area contributed by atoms with Gasteiger partial charge in [-0.2, -0.15) is 0 Å². The fourth-order valence-corrected chi connectivity index (χ4v) is 1.44. The Hall–Kier alpha value is -1.03. The summed E-state index contributed by atoms with van der Waals surface area (Å²) in [5.74, 6) is -2.92. The standard InChI is InChI=1S/C12H15F3O/c1-7(2)3-4-12(16)8-5-10(14)11(15)6-9(8)13/h5-7,12,16H,3-4H2,1-2H3. The van der Waals surface area contributed by atoms with Crippen molar-refractivity contribution in [3.63, 3.8) is 0 Å². The third-order valence-electron chi connectivity index (χ3n) is 2.42. The first-order chi connectivity index (χ1) is 7.41. The quantitative estimate of drug-likeness (QED) is 0.787. The molecule has 0 radical (unpaired) electrons. The second-order valence-corrected chi connectivity index (χ2v) is 4.27. The van der Waals surface area contributed by atoms with Gasteiger partial charge < -0.3 is 5.11 Å². The van der Waals surface area contributed by atoms with Gasteiger partial charge in [-0.15, -0.1) is 0 Å². The van der Waals surface area contributed by atoms with Crippen LogP contribution in [0.5, 0.6) is 0 Å². The van der Waals surface area contributed by atoms with Gasteiger partial charge in [-0.1, -0.05) is 13.8 Å². The highest BCUT2D eigenvalue weighted by Crippen LogP contribution is 2.25. The smallest absolute Gasteiger partial charge is 0.161 e. The van der Waals surface area contributed by atoms with Crippen LogP contribution in [0.25, 0.3) is 0 Å². The molecule has 1 aromatic carbocycles. The summed E-state index contributed by atoms with van der Waals surface area (Å²) in [5, 5.41) is 9.64. The largest absolute Gasteiger partial charge is 0.388 e. The molecular weight excluding hydrogens is 217 g/mol. The molecule has 0 saturated carbocycles. The SMILES string of the molecule is CC(C)CCC(O)c1cc(F)c(F)cc1F. The van der Waals surface area contributed by atoms with Gasteiger partial charge in [0, 0.05) is 11.6 Å². The van der Waals surface area contributed by atoms with E-state index in [4.69, 9.17) is 0 Å². The second kappa shape index (κ2) is 5.34. The highest BCUT2D eigenvalue weighted by Gasteiger charge is 2.16. The van der Waals surface area contributed by atoms with Crippen LogP contribution in [0.4, 0.5) is 13.2 Å². The predicted octanol–water partition coefficient (Wildman–Crippen LogP) is 3.57. The van der Waals surface area contributed by atoms with Crippen LogP contribution in [-0.4, -0.2) is 5.11 Å². The molecule has 1 unspecified atom stereocenters. The number of benzene rings is 1. The van der Waals surface area contributed by atoms with Crippen LogP contribution in [0.2, 0.25) is 0 Å². The molecule has 0 aromatic heterocycles. The second-order valence-electron chi connectivity index (χ2n) is 4.27. The first kappa shape index (κ1) is 13.0. The van der Waals surface area contributed by atoms with Crippen molar-refractivity contribution in [2.75, 3.05) is 0 Å². The van der Waals surface area contributed by atoms with E-state index in [0.29, 0.717) is 24.8 Å². The Bertz CT molecular complexity index is 364. The molecule has 0 spiro atoms. The Morgan fingerprint density at radius 3 is 2.12 bits per heavy atom. The van der Waals surface area contributed by atoms with Gasteiger partial charge >= 0.3 is 0 Å². The molecule has 0 amide bonds. The van der Waals surface area contributed by atoms with E-state index in [9.17, 15) is 18.3 Å². The Morgan fingerprint density at radius 1 is 1.00 bits per heavy atom. The minimum absolute atomic E-state index is 0.181. The lowest BCUT2D eigenvalue weighted by atomic mass is 9.99. The van der Waals surface area contributed by atoms with Crippen LogP contribution >= 0.6 is 0 Å². The fraction of sp³-hybridized carbons (Fsp3) is 0.500. The molecule has 1 aromatic rings. The van der Waals surface area contributed by atoms with E-state index in [-0.39, 0.29) is 5.56 Å². The van der Waals surface area contributed by atoms with Crippen LogP contribution in [-0.2, 0) is 0 Å². The summed E-state index contributed by atoms with van der Waals surface area (Å²) in [5.41, 5.74) is -0.181. The molecule has 0 fully saturated rings. The molecule has 90 valence electrons. The zero-order chi connectivity index (χ0) is 12.3. The van der Waals surface area contributed by atoms with E-state index in [1.165, 1.54) is 0 Å². The van der Waals surface area contributed by atoms with Crippen molar-refractivity contribution in [2.24, 2.45) is 5.92 Å². The van der Waals surface area contributed by atoms with Gasteiger partial charge in [-0.3, -0.25) is 0 Å². The van der Waals surface area contributed by atoms with Crippen LogP contribution in [0.3, 0.4) is 0 Å². The van der Waals surface area contributed by atoms with Crippen molar-refractivity contribution >= 4 is 0 Å². The van der Waals surface area contributed by atoms with Gasteiger partial charge in [-0.05, 0) is 24.8 Å². The summed E-state index contributed by atoms with van der Waals surface area (Å²) in [6.07, 6.45) is -0.0586. The third-order valence-corrected chi connectivity index (χ3v) is 2.42. The van der Waals surface area contributed by atoms with E-state index < -0.39 is 23.6 Å². The molecule has 1 atom stereocenters. The predicted molar refractivity (Wildman–Crippen MR) is 55.3 cm³/mol. The summed E-state index contributed by atoms with van der Waals surface area (Å²) < 4.78 is 38.7. The fourth-order valence-electron chi connectivity index (χ4n) is 1.44. The van der Waals surface area contributed by atoms with Crippen LogP contribution in [0.1, 0.15) is 38.4 Å². The summed E-state index contributed by atoms with van der Waals surface area (Å²) in [6, 6.07) is 1.18. The Morgan fingerprint density at radius 2 is 1.56 bits per heavy atom. The van der Waals surface area contributed by atoms with E-state index >= 15 is 0 Å². The minimum Gasteiger partial charge on any atom is -0.388 e. The molecule has 4 heteroatoms. The highest BCUT2D eigenvalue weighted by molar-refractivity contribution is 5.22. The molecular formula is C12H15F3O. The lowest BCUT2D eigenvalue weighted by Crippen LogP contribution is -2.04. The lowest BCUT2D eigenvalue weighted by molar-refractivity contribution is 0.154. The first-order valence-electron chi connectivity index (χ1n) is 5.24. The summed E-state index contributed by atoms with van der Waals surface area (Å²) >= 11 is 0. The van der Waals surface area contributed by atoms with Crippen molar-refractivity contribution in [1.29, 1.82) is 0 Å². The molecule has 1 rings (SSSR count). The van der Waals surface area contributed by atoms with Gasteiger partial charge in [0.05, 0.1) is 6.10 Å². The van der Waals surface area contributed by atoms with E-state index in [1.54, 1.807) is 0 Å². The Kier molecular flexibility index (Phi) is 4.35. The van der Waals surface area contributed by atoms with Gasteiger partial charge in [0.2, 0.25) is 0 Å². The van der Waals surface area contributed by atoms with Gasteiger partial charge in [0.25, 0.3) is 0 Å². The van der Waals surface area contributed by atoms with Gasteiger partial charge in [0.15, 0.2) is 11.6 Å². The minimum atomic E-state index is -1.24. The Balaban J connectivity index is 2.82. The molecule has 0 aliphatic carbocycles. The number of hydrogen-bond donors (Lipinski definition) is 1. The van der Waals surface area contributed by atoms with Crippen molar-refractivity contribution in [3.8, 4) is 0 Å². The lowest BCUT2D eigenvalue weighted by Gasteiger charge is -2.13. The normalized spacial score (nSPS) is 13.2. The van der Waals surface area contributed by atoms with Crippen molar-refractivity contribution in [2.45, 2.75) is 32.8 Å². The number of halogens is 3. The van der Waals surface area contributed by atoms with Gasteiger partial charge in [-0.25, -0.2) is 13.2 Å². The van der Waals surface area contributed by atoms with Crippen molar-refractivity contribution < 1.29 is 18.3 Å². The maximum atomic E-state index is 13.2. The van der Waals surface area contributed by atoms with Crippen LogP contribution in [0, 0.1) is 23.4 Å². The average Bonchev–Trinajstić information content (AvgIpc) is 2.20. The monoisotopic (exact) mass is 232 g/mol. The number of rotatable bonds is 4. The molecule has 1 N–H and O–H groups in total. The van der Waals surface area contributed by atoms with Crippen molar-refractivity contribution in [3.05, 3.63) is 35.1 Å². The molecule has 0 bridgehead atoms. The van der Waals surface area contributed by atoms with E-state index in [0.717, 1.165) is 6.07 Å². The average molecular weight is 232 g/mol. The zero-order valence-corrected chi connectivity index (χ0v) is 9.30. The number of hydrogen-bond acceptors (Lipinski definition) is 1. The zero-order valence-electron chi connectivity index (χ0n) is 9.30. The molecule has 0 saturated heterocycles. The van der Waals surface area contributed by atoms with Crippen molar-refractivity contribution in [1.82, 2.24) is 0 Å². The molecule has 0 aliphatic rings. The third kappa shape index (κ3) is 3.23. The van der Waals surface area contributed by atoms with Crippen LogP contribution in [0.15, 0.2) is 12.1 Å². The maximum absolute atomic E-state index is 13.2. The molecule has 16 heavy (non-hydrogen) atoms. The van der Waals surface area contributed by atoms with Gasteiger partial charge in [0.1, 0.15) is 5.82 Å². The molecule has 1 nitrogen and oxygen atoms in total. The number of aliphatic hydroxyl groups excluding tert-OH is 1. The summed E-state index contributed by atoms with van der Waals surface area (Å²) in [4.78, 5) is 0. The summed E-state index contributed by atoms with van der Waals surface area (Å²) in [6.45, 7) is 3.93. The first-order valence-corrected chi connectivity index (χ1v) is 5.24. The molecule has 0 aliphatic heterocycles.